The largest absolute Gasteiger partial charge is 0.280 e. The van der Waals surface area contributed by atoms with Gasteiger partial charge in [0.1, 0.15) is 0 Å². The van der Waals surface area contributed by atoms with Gasteiger partial charge in [0.15, 0.2) is 0 Å². The van der Waals surface area contributed by atoms with E-state index in [1.54, 1.807) is 0 Å². The molecule has 5 heavy (non-hydrogen) atoms. The molecule has 3 heteroatoms. The number of hydrogen-bond acceptors (Lipinski definition) is 1. The Hall–Kier alpha value is 0.540. The highest BCUT2D eigenvalue weighted by molar-refractivity contribution is 6.07. The Morgan fingerprint density at radius 2 is 2.00 bits per heavy atom. The number of rotatable bonds is 1. The summed E-state index contributed by atoms with van der Waals surface area (Å²) in [6.07, 6.45) is 0. The zero-order valence-corrected chi connectivity index (χ0v) is 4.47. The van der Waals surface area contributed by atoms with Crippen molar-refractivity contribution in [3.63, 3.8) is 0 Å². The molecule has 0 heterocycles. The molecule has 0 N–H and O–H groups in total. The van der Waals surface area contributed by atoms with Gasteiger partial charge in [-0.25, -0.2) is 0 Å². The van der Waals surface area contributed by atoms with Gasteiger partial charge in [0.05, 0.1) is 18.5 Å². The molecule has 34 valence electrons. The molecule has 0 unspecified atom stereocenters. The fourth-order valence-corrected chi connectivity index (χ4v) is 0. The highest BCUT2D eigenvalue weighted by Crippen LogP contribution is 1.71. The Bertz CT molecular complexity index is 9.61. The summed E-state index contributed by atoms with van der Waals surface area (Å²) in [6, 6.07) is 0. The normalized spacial score (nSPS) is 6.00. The quantitative estimate of drug-likeness (QED) is 0.506. The van der Waals surface area contributed by atoms with Crippen LogP contribution < -0.4 is 0 Å². The molecule has 0 fully saturated rings. The third-order valence-electron chi connectivity index (χ3n) is 0.109. The minimum atomic E-state index is 0. The Morgan fingerprint density at radius 1 is 1.80 bits per heavy atom. The molecular weight excluding hydrogens is 111 g/mol. The van der Waals surface area contributed by atoms with Crippen molar-refractivity contribution in [3.8, 4) is 0 Å². The summed E-state index contributed by atoms with van der Waals surface area (Å²) in [5.74, 6) is 0. The summed E-state index contributed by atoms with van der Waals surface area (Å²) >= 11 is 4.69. The number of halogens is 2. The average molecular weight is 117 g/mol. The number of hydrogen-bond donors (Lipinski definition) is 0. The van der Waals surface area contributed by atoms with E-state index >= 15 is 0 Å². The van der Waals surface area contributed by atoms with E-state index in [-0.39, 0.29) is 12.4 Å². The lowest BCUT2D eigenvalue weighted by Crippen LogP contribution is -1.64. The van der Waals surface area contributed by atoms with Crippen molar-refractivity contribution in [2.45, 2.75) is 6.92 Å². The minimum absolute atomic E-state index is 0. The second-order valence-electron chi connectivity index (χ2n) is 0.398. The topological polar surface area (TPSA) is 9.23 Å². The first-order valence-electron chi connectivity index (χ1n) is 1.15. The van der Waals surface area contributed by atoms with Crippen molar-refractivity contribution in [1.82, 2.24) is 0 Å². The van der Waals surface area contributed by atoms with Crippen LogP contribution in [0.15, 0.2) is 0 Å². The lowest BCUT2D eigenvalue weighted by Gasteiger charge is -1.70. The summed E-state index contributed by atoms with van der Waals surface area (Å²) in [5.41, 5.74) is 0. The molecule has 0 bridgehead atoms. The molecular formula is C2H6Cl2O. The third-order valence-corrected chi connectivity index (χ3v) is 0.327. The fraction of sp³-hybridized carbons (Fsp3) is 1.00. The van der Waals surface area contributed by atoms with E-state index in [0.717, 1.165) is 0 Å². The molecule has 0 rings (SSSR count). The summed E-state index contributed by atoms with van der Waals surface area (Å²) < 4.78 is 4.01. The molecule has 0 aromatic heterocycles. The van der Waals surface area contributed by atoms with Crippen molar-refractivity contribution < 1.29 is 4.29 Å². The smallest absolute Gasteiger partial charge is 0.0654 e. The van der Waals surface area contributed by atoms with Crippen LogP contribution in [0.4, 0.5) is 0 Å². The average Bonchev–Trinajstić information content (AvgIpc) is 1.37. The van der Waals surface area contributed by atoms with Crippen LogP contribution in [-0.4, -0.2) is 6.61 Å². The molecule has 0 aromatic carbocycles. The highest BCUT2D eigenvalue weighted by atomic mass is 35.5. The van der Waals surface area contributed by atoms with Gasteiger partial charge in [0.2, 0.25) is 0 Å². The Kier molecular flexibility index (Phi) is 16.1. The van der Waals surface area contributed by atoms with Crippen LogP contribution in [-0.2, 0) is 4.29 Å². The van der Waals surface area contributed by atoms with Gasteiger partial charge in [-0.05, 0) is 6.92 Å². The zero-order chi connectivity index (χ0) is 3.41. The van der Waals surface area contributed by atoms with Crippen molar-refractivity contribution >= 4 is 24.3 Å². The first-order valence-corrected chi connectivity index (χ1v) is 1.46. The Labute approximate surface area is 42.8 Å². The van der Waals surface area contributed by atoms with E-state index in [1.807, 2.05) is 6.92 Å². The Balaban J connectivity index is 0. The predicted molar refractivity (Wildman–Crippen MR) is 24.7 cm³/mol. The maximum Gasteiger partial charge on any atom is 0.0654 e. The van der Waals surface area contributed by atoms with Crippen LogP contribution in [0.5, 0.6) is 0 Å². The van der Waals surface area contributed by atoms with Crippen molar-refractivity contribution in [1.29, 1.82) is 0 Å². The van der Waals surface area contributed by atoms with Gasteiger partial charge in [-0.2, -0.15) is 0 Å². The first-order chi connectivity index (χ1) is 1.91. The monoisotopic (exact) mass is 116 g/mol. The van der Waals surface area contributed by atoms with Crippen LogP contribution in [0, 0.1) is 0 Å². The van der Waals surface area contributed by atoms with E-state index in [1.165, 1.54) is 0 Å². The molecule has 0 saturated heterocycles. The zero-order valence-electron chi connectivity index (χ0n) is 2.90. The molecule has 1 nitrogen and oxygen atoms in total. The van der Waals surface area contributed by atoms with Crippen molar-refractivity contribution in [2.24, 2.45) is 0 Å². The maximum absolute atomic E-state index is 4.69. The maximum atomic E-state index is 4.69. The second kappa shape index (κ2) is 8.82. The lowest BCUT2D eigenvalue weighted by molar-refractivity contribution is 0.378. The molecule has 0 radical (unpaired) electrons. The van der Waals surface area contributed by atoms with Crippen LogP contribution in [0.1, 0.15) is 6.92 Å². The first kappa shape index (κ1) is 9.11. The molecule has 0 aliphatic heterocycles. The highest BCUT2D eigenvalue weighted by Gasteiger charge is 1.55. The van der Waals surface area contributed by atoms with Gasteiger partial charge in [-0.1, -0.05) is 0 Å². The predicted octanol–water partition coefficient (Wildman–Crippen LogP) is 1.60. The third kappa shape index (κ3) is 12.4. The van der Waals surface area contributed by atoms with E-state index in [4.69, 9.17) is 0 Å². The molecule has 0 amide bonds. The van der Waals surface area contributed by atoms with Crippen LogP contribution in [0.2, 0.25) is 0 Å². The van der Waals surface area contributed by atoms with Gasteiger partial charge >= 0.3 is 0 Å². The second-order valence-corrected chi connectivity index (χ2v) is 0.616. The van der Waals surface area contributed by atoms with E-state index in [0.29, 0.717) is 6.61 Å². The van der Waals surface area contributed by atoms with E-state index in [2.05, 4.69) is 16.2 Å². The van der Waals surface area contributed by atoms with Gasteiger partial charge in [0, 0.05) is 0 Å². The molecule has 0 spiro atoms. The Morgan fingerprint density at radius 3 is 2.00 bits per heavy atom. The molecule has 0 aliphatic carbocycles. The summed E-state index contributed by atoms with van der Waals surface area (Å²) in [5, 5.41) is 0. The summed E-state index contributed by atoms with van der Waals surface area (Å²) in [4.78, 5) is 0. The molecule has 0 atom stereocenters. The van der Waals surface area contributed by atoms with Crippen LogP contribution >= 0.6 is 24.3 Å². The SMILES string of the molecule is CCOCl.Cl. The van der Waals surface area contributed by atoms with Crippen molar-refractivity contribution in [2.75, 3.05) is 6.61 Å². The van der Waals surface area contributed by atoms with Gasteiger partial charge in [-0.15, -0.1) is 12.4 Å². The summed E-state index contributed by atoms with van der Waals surface area (Å²) in [6.45, 7) is 2.41. The molecule has 0 aliphatic rings. The van der Waals surface area contributed by atoms with Crippen molar-refractivity contribution in [3.05, 3.63) is 0 Å². The summed E-state index contributed by atoms with van der Waals surface area (Å²) in [7, 11) is 0. The lowest BCUT2D eigenvalue weighted by atomic mass is 10.9. The van der Waals surface area contributed by atoms with E-state index < -0.39 is 0 Å². The molecule has 0 saturated carbocycles. The standard InChI is InChI=1S/C2H5ClO.ClH/c1-2-4-3;/h2H2,1H3;1H. The van der Waals surface area contributed by atoms with Crippen LogP contribution in [0.3, 0.4) is 0 Å². The molecule has 0 aromatic rings. The van der Waals surface area contributed by atoms with Gasteiger partial charge in [-0.3, -0.25) is 4.29 Å². The van der Waals surface area contributed by atoms with Gasteiger partial charge in [0.25, 0.3) is 0 Å². The fourth-order valence-electron chi connectivity index (χ4n) is 0. The van der Waals surface area contributed by atoms with Crippen LogP contribution in [0.25, 0.3) is 0 Å². The van der Waals surface area contributed by atoms with Gasteiger partial charge < -0.3 is 0 Å². The minimum Gasteiger partial charge on any atom is -0.280 e. The van der Waals surface area contributed by atoms with E-state index in [9.17, 15) is 0 Å².